The summed E-state index contributed by atoms with van der Waals surface area (Å²) in [6.07, 6.45) is 1.67. The molecule has 33 heavy (non-hydrogen) atoms. The van der Waals surface area contributed by atoms with Crippen molar-refractivity contribution < 1.29 is 4.39 Å². The zero-order valence-corrected chi connectivity index (χ0v) is 19.4. The highest BCUT2D eigenvalue weighted by Crippen LogP contribution is 2.35. The van der Waals surface area contributed by atoms with E-state index in [0.29, 0.717) is 17.6 Å². The second kappa shape index (κ2) is 9.84. The van der Waals surface area contributed by atoms with Crippen LogP contribution < -0.4 is 5.32 Å². The Labute approximate surface area is 196 Å². The Morgan fingerprint density at radius 1 is 1.15 bits per heavy atom. The Kier molecular flexibility index (Phi) is 6.71. The van der Waals surface area contributed by atoms with E-state index in [-0.39, 0.29) is 5.56 Å². The highest BCUT2D eigenvalue weighted by Gasteiger charge is 2.20. The zero-order chi connectivity index (χ0) is 23.4. The molecule has 4 rings (SSSR count). The molecule has 4 aromatic rings. The lowest BCUT2D eigenvalue weighted by Gasteiger charge is -2.09. The van der Waals surface area contributed by atoms with Crippen LogP contribution in [0.4, 0.5) is 16.0 Å². The van der Waals surface area contributed by atoms with E-state index < -0.39 is 5.82 Å². The van der Waals surface area contributed by atoms with Crippen LogP contribution in [0.15, 0.2) is 65.8 Å². The molecule has 0 fully saturated rings. The molecule has 2 heterocycles. The maximum atomic E-state index is 14.0. The molecule has 166 valence electrons. The third-order valence-corrected chi connectivity index (χ3v) is 6.29. The van der Waals surface area contributed by atoms with Crippen LogP contribution in [0, 0.1) is 30.0 Å². The van der Waals surface area contributed by atoms with Crippen LogP contribution in [-0.2, 0) is 0 Å². The van der Waals surface area contributed by atoms with Crippen molar-refractivity contribution in [3.05, 3.63) is 77.9 Å². The quantitative estimate of drug-likeness (QED) is 0.335. The lowest BCUT2D eigenvalue weighted by molar-refractivity contribution is 0.624. The van der Waals surface area contributed by atoms with E-state index in [0.717, 1.165) is 33.4 Å². The fourth-order valence-corrected chi connectivity index (χ4v) is 4.34. The van der Waals surface area contributed by atoms with Gasteiger partial charge in [-0.15, -0.1) is 11.8 Å². The number of rotatable bonds is 7. The summed E-state index contributed by atoms with van der Waals surface area (Å²) in [5.74, 6) is 1.19. The standard InChI is InChI=1S/C25H23FN6S/c1-16(2)15-33-24-23(17(3)32(31-24)20-7-5-4-6-8-20)22-11-12-28-25(30-22)29-19-10-9-18(14-27)21(26)13-19/h4-13,16H,15H2,1-3H3,(H,28,29,30). The van der Waals surface area contributed by atoms with E-state index in [9.17, 15) is 4.39 Å². The lowest BCUT2D eigenvalue weighted by atomic mass is 10.2. The minimum absolute atomic E-state index is 0.00834. The Morgan fingerprint density at radius 2 is 1.94 bits per heavy atom. The molecule has 0 spiro atoms. The maximum Gasteiger partial charge on any atom is 0.227 e. The van der Waals surface area contributed by atoms with Gasteiger partial charge >= 0.3 is 0 Å². The van der Waals surface area contributed by atoms with Crippen LogP contribution in [0.1, 0.15) is 25.1 Å². The Balaban J connectivity index is 1.73. The summed E-state index contributed by atoms with van der Waals surface area (Å²) in [6, 6.07) is 18.0. The first-order chi connectivity index (χ1) is 16.0. The number of nitrogens with zero attached hydrogens (tertiary/aromatic N) is 5. The highest BCUT2D eigenvalue weighted by atomic mass is 32.2. The second-order valence-corrected chi connectivity index (χ2v) is 8.92. The minimum atomic E-state index is -0.592. The summed E-state index contributed by atoms with van der Waals surface area (Å²) < 4.78 is 15.9. The van der Waals surface area contributed by atoms with Crippen molar-refractivity contribution in [1.29, 1.82) is 5.26 Å². The van der Waals surface area contributed by atoms with Gasteiger partial charge in [0, 0.05) is 17.6 Å². The molecule has 1 N–H and O–H groups in total. The third kappa shape index (κ3) is 5.04. The number of nitriles is 1. The number of halogens is 1. The first-order valence-electron chi connectivity index (χ1n) is 10.5. The number of para-hydroxylation sites is 1. The van der Waals surface area contributed by atoms with Gasteiger partial charge in [-0.2, -0.15) is 10.4 Å². The molecule has 0 radical (unpaired) electrons. The van der Waals surface area contributed by atoms with Gasteiger partial charge in [-0.25, -0.2) is 19.0 Å². The minimum Gasteiger partial charge on any atom is -0.324 e. The molecule has 0 unspecified atom stereocenters. The number of anilines is 2. The summed E-state index contributed by atoms with van der Waals surface area (Å²) in [4.78, 5) is 8.98. The van der Waals surface area contributed by atoms with Crippen molar-refractivity contribution >= 4 is 23.4 Å². The van der Waals surface area contributed by atoms with Crippen molar-refractivity contribution in [2.24, 2.45) is 5.92 Å². The molecule has 0 saturated carbocycles. The maximum absolute atomic E-state index is 14.0. The van der Waals surface area contributed by atoms with Gasteiger partial charge in [0.05, 0.1) is 28.2 Å². The summed E-state index contributed by atoms with van der Waals surface area (Å²) in [5.41, 5.74) is 4.09. The smallest absolute Gasteiger partial charge is 0.227 e. The fourth-order valence-electron chi connectivity index (χ4n) is 3.31. The van der Waals surface area contributed by atoms with Gasteiger partial charge < -0.3 is 5.32 Å². The van der Waals surface area contributed by atoms with Crippen molar-refractivity contribution in [3.8, 4) is 23.0 Å². The average Bonchev–Trinajstić information content (AvgIpc) is 3.14. The summed E-state index contributed by atoms with van der Waals surface area (Å²) >= 11 is 1.70. The molecular formula is C25H23FN6S. The first-order valence-corrected chi connectivity index (χ1v) is 11.5. The number of benzene rings is 2. The van der Waals surface area contributed by atoms with E-state index >= 15 is 0 Å². The summed E-state index contributed by atoms with van der Waals surface area (Å²) in [6.45, 7) is 6.38. The molecule has 0 atom stereocenters. The summed E-state index contributed by atoms with van der Waals surface area (Å²) in [7, 11) is 0. The largest absolute Gasteiger partial charge is 0.324 e. The van der Waals surface area contributed by atoms with E-state index in [2.05, 4.69) is 29.1 Å². The van der Waals surface area contributed by atoms with Crippen molar-refractivity contribution in [2.45, 2.75) is 25.8 Å². The Hall–Kier alpha value is -3.70. The molecule has 2 aromatic carbocycles. The molecular weight excluding hydrogens is 435 g/mol. The molecule has 2 aromatic heterocycles. The molecule has 0 aliphatic heterocycles. The summed E-state index contributed by atoms with van der Waals surface area (Å²) in [5, 5.41) is 17.8. The fraction of sp³-hybridized carbons (Fsp3) is 0.200. The molecule has 0 amide bonds. The number of hydrogen-bond donors (Lipinski definition) is 1. The van der Waals surface area contributed by atoms with Crippen molar-refractivity contribution in [3.63, 3.8) is 0 Å². The van der Waals surface area contributed by atoms with Gasteiger partial charge in [0.2, 0.25) is 5.95 Å². The molecule has 0 saturated heterocycles. The number of hydrogen-bond acceptors (Lipinski definition) is 6. The lowest BCUT2D eigenvalue weighted by Crippen LogP contribution is -2.00. The third-order valence-electron chi connectivity index (χ3n) is 4.90. The molecule has 0 aliphatic carbocycles. The van der Waals surface area contributed by atoms with Gasteiger partial charge in [0.1, 0.15) is 16.9 Å². The normalized spacial score (nSPS) is 10.9. The van der Waals surface area contributed by atoms with E-state index in [1.165, 1.54) is 12.1 Å². The molecule has 0 aliphatic rings. The van der Waals surface area contributed by atoms with Crippen LogP contribution in [-0.4, -0.2) is 25.5 Å². The van der Waals surface area contributed by atoms with Crippen LogP contribution in [0.25, 0.3) is 16.9 Å². The number of thioether (sulfide) groups is 1. The number of nitrogens with one attached hydrogen (secondary N) is 1. The van der Waals surface area contributed by atoms with Gasteiger partial charge in [-0.1, -0.05) is 32.0 Å². The van der Waals surface area contributed by atoms with Gasteiger partial charge in [-0.3, -0.25) is 0 Å². The van der Waals surface area contributed by atoms with Gasteiger partial charge in [-0.05, 0) is 49.2 Å². The van der Waals surface area contributed by atoms with Crippen LogP contribution in [0.3, 0.4) is 0 Å². The van der Waals surface area contributed by atoms with Crippen LogP contribution in [0.2, 0.25) is 0 Å². The monoisotopic (exact) mass is 458 g/mol. The molecule has 0 bridgehead atoms. The average molecular weight is 459 g/mol. The second-order valence-electron chi connectivity index (χ2n) is 7.91. The van der Waals surface area contributed by atoms with Crippen molar-refractivity contribution in [2.75, 3.05) is 11.1 Å². The Morgan fingerprint density at radius 3 is 2.64 bits per heavy atom. The first kappa shape index (κ1) is 22.5. The zero-order valence-electron chi connectivity index (χ0n) is 18.6. The number of aromatic nitrogens is 4. The highest BCUT2D eigenvalue weighted by molar-refractivity contribution is 7.99. The van der Waals surface area contributed by atoms with E-state index in [1.807, 2.05) is 54.1 Å². The predicted octanol–water partition coefficient (Wildman–Crippen LogP) is 6.14. The Bertz CT molecular complexity index is 1310. The van der Waals surface area contributed by atoms with E-state index in [1.54, 1.807) is 24.0 Å². The topological polar surface area (TPSA) is 79.4 Å². The van der Waals surface area contributed by atoms with Crippen LogP contribution >= 0.6 is 11.8 Å². The molecule has 6 nitrogen and oxygen atoms in total. The van der Waals surface area contributed by atoms with E-state index in [4.69, 9.17) is 10.4 Å². The van der Waals surface area contributed by atoms with Crippen molar-refractivity contribution in [1.82, 2.24) is 19.7 Å². The van der Waals surface area contributed by atoms with Gasteiger partial charge in [0.15, 0.2) is 0 Å². The predicted molar refractivity (Wildman–Crippen MR) is 129 cm³/mol. The van der Waals surface area contributed by atoms with Gasteiger partial charge in [0.25, 0.3) is 0 Å². The molecule has 8 heteroatoms. The van der Waals surface area contributed by atoms with Crippen LogP contribution in [0.5, 0.6) is 0 Å². The SMILES string of the molecule is Cc1c(-c2ccnc(Nc3ccc(C#N)c(F)c3)n2)c(SCC(C)C)nn1-c1ccccc1.